The normalized spacial score (nSPS) is 10.4. The zero-order valence-electron chi connectivity index (χ0n) is 10.9. The number of amides is 1. The molecule has 0 aliphatic carbocycles. The average Bonchev–Trinajstić information content (AvgIpc) is 2.84. The van der Waals surface area contributed by atoms with Crippen LogP contribution in [0.25, 0.3) is 0 Å². The second-order valence-corrected chi connectivity index (χ2v) is 6.11. The minimum absolute atomic E-state index is 0.0617. The van der Waals surface area contributed by atoms with E-state index in [1.807, 2.05) is 11.4 Å². The number of halogens is 2. The van der Waals surface area contributed by atoms with E-state index in [1.165, 1.54) is 18.3 Å². The van der Waals surface area contributed by atoms with Gasteiger partial charge >= 0.3 is 0 Å². The molecule has 5 nitrogen and oxygen atoms in total. The number of nitrogens with one attached hydrogen (secondary N) is 1. The fourth-order valence-electron chi connectivity index (χ4n) is 1.73. The first-order chi connectivity index (χ1) is 9.90. The SMILES string of the molecule is Cc1cc([N+](=O)[O-])cc(C(=O)NCc2sccc2Br)c1F. The lowest BCUT2D eigenvalue weighted by molar-refractivity contribution is -0.385. The van der Waals surface area contributed by atoms with Crippen molar-refractivity contribution in [2.75, 3.05) is 0 Å². The molecule has 21 heavy (non-hydrogen) atoms. The molecule has 0 aliphatic heterocycles. The van der Waals surface area contributed by atoms with Crippen molar-refractivity contribution in [2.24, 2.45) is 0 Å². The van der Waals surface area contributed by atoms with Crippen LogP contribution in [0, 0.1) is 22.9 Å². The van der Waals surface area contributed by atoms with Crippen LogP contribution < -0.4 is 5.32 Å². The van der Waals surface area contributed by atoms with Crippen molar-refractivity contribution in [2.45, 2.75) is 13.5 Å². The molecule has 0 aliphatic rings. The van der Waals surface area contributed by atoms with E-state index in [-0.39, 0.29) is 23.4 Å². The van der Waals surface area contributed by atoms with Crippen LogP contribution in [-0.2, 0) is 6.54 Å². The highest BCUT2D eigenvalue weighted by Gasteiger charge is 2.19. The maximum Gasteiger partial charge on any atom is 0.270 e. The fraction of sp³-hybridized carbons (Fsp3) is 0.154. The largest absolute Gasteiger partial charge is 0.347 e. The number of aryl methyl sites for hydroxylation is 1. The molecule has 1 N–H and O–H groups in total. The summed E-state index contributed by atoms with van der Waals surface area (Å²) in [4.78, 5) is 23.0. The summed E-state index contributed by atoms with van der Waals surface area (Å²) in [6, 6.07) is 3.88. The van der Waals surface area contributed by atoms with E-state index >= 15 is 0 Å². The Morgan fingerprint density at radius 2 is 2.24 bits per heavy atom. The molecule has 0 saturated heterocycles. The Morgan fingerprint density at radius 3 is 2.81 bits per heavy atom. The highest BCUT2D eigenvalue weighted by Crippen LogP contribution is 2.23. The summed E-state index contributed by atoms with van der Waals surface area (Å²) in [5.74, 6) is -1.43. The third kappa shape index (κ3) is 3.45. The van der Waals surface area contributed by atoms with Gasteiger partial charge in [-0.3, -0.25) is 14.9 Å². The van der Waals surface area contributed by atoms with Gasteiger partial charge in [0.05, 0.1) is 17.0 Å². The van der Waals surface area contributed by atoms with Crippen LogP contribution in [0.2, 0.25) is 0 Å². The lowest BCUT2D eigenvalue weighted by Gasteiger charge is -2.07. The Hall–Kier alpha value is -1.80. The van der Waals surface area contributed by atoms with Crippen molar-refractivity contribution in [1.82, 2.24) is 5.32 Å². The van der Waals surface area contributed by atoms with Gasteiger partial charge in [-0.15, -0.1) is 11.3 Å². The molecule has 8 heteroatoms. The molecular formula is C13H10BrFN2O3S. The number of hydrogen-bond donors (Lipinski definition) is 1. The van der Waals surface area contributed by atoms with Gasteiger partial charge in [0, 0.05) is 21.5 Å². The lowest BCUT2D eigenvalue weighted by Crippen LogP contribution is -2.24. The molecule has 1 amide bonds. The maximum absolute atomic E-state index is 14.0. The first-order valence-electron chi connectivity index (χ1n) is 5.84. The van der Waals surface area contributed by atoms with Gasteiger partial charge in [-0.2, -0.15) is 0 Å². The Morgan fingerprint density at radius 1 is 1.52 bits per heavy atom. The number of nitrogens with zero attached hydrogens (tertiary/aromatic N) is 1. The molecule has 0 fully saturated rings. The monoisotopic (exact) mass is 372 g/mol. The lowest BCUT2D eigenvalue weighted by atomic mass is 10.1. The van der Waals surface area contributed by atoms with Crippen molar-refractivity contribution in [1.29, 1.82) is 0 Å². The number of benzene rings is 1. The van der Waals surface area contributed by atoms with Crippen molar-refractivity contribution >= 4 is 38.9 Å². The zero-order chi connectivity index (χ0) is 15.6. The number of carbonyl (C=O) groups is 1. The molecule has 1 aromatic heterocycles. The number of nitro benzene ring substituents is 1. The molecule has 0 radical (unpaired) electrons. The quantitative estimate of drug-likeness (QED) is 0.655. The molecule has 0 bridgehead atoms. The van der Waals surface area contributed by atoms with E-state index in [0.29, 0.717) is 0 Å². The number of non-ortho nitro benzene ring substituents is 1. The first kappa shape index (κ1) is 15.6. The van der Waals surface area contributed by atoms with Gasteiger partial charge < -0.3 is 5.32 Å². The third-order valence-corrected chi connectivity index (χ3v) is 4.72. The average molecular weight is 373 g/mol. The van der Waals surface area contributed by atoms with E-state index in [4.69, 9.17) is 0 Å². The number of rotatable bonds is 4. The Kier molecular flexibility index (Phi) is 4.69. The molecular weight excluding hydrogens is 363 g/mol. The molecule has 1 heterocycles. The van der Waals surface area contributed by atoms with Crippen LogP contribution in [-0.4, -0.2) is 10.8 Å². The third-order valence-electron chi connectivity index (χ3n) is 2.80. The summed E-state index contributed by atoms with van der Waals surface area (Å²) in [5.41, 5.74) is -0.572. The van der Waals surface area contributed by atoms with Gasteiger partial charge in [-0.25, -0.2) is 4.39 Å². The Labute approximate surface area is 132 Å². The maximum atomic E-state index is 14.0. The topological polar surface area (TPSA) is 72.2 Å². The highest BCUT2D eigenvalue weighted by atomic mass is 79.9. The summed E-state index contributed by atoms with van der Waals surface area (Å²) < 4.78 is 14.8. The predicted molar refractivity (Wildman–Crippen MR) is 81.0 cm³/mol. The van der Waals surface area contributed by atoms with Gasteiger partial charge in [-0.05, 0) is 39.9 Å². The van der Waals surface area contributed by atoms with Gasteiger partial charge in [0.25, 0.3) is 11.6 Å². The van der Waals surface area contributed by atoms with Crippen molar-refractivity contribution in [3.05, 3.63) is 60.0 Å². The number of hydrogen-bond acceptors (Lipinski definition) is 4. The van der Waals surface area contributed by atoms with Gasteiger partial charge in [0.2, 0.25) is 0 Å². The predicted octanol–water partition coefficient (Wildman–Crippen LogP) is 3.80. The van der Waals surface area contributed by atoms with E-state index in [1.54, 1.807) is 0 Å². The van der Waals surface area contributed by atoms with E-state index < -0.39 is 16.6 Å². The summed E-state index contributed by atoms with van der Waals surface area (Å²) in [5, 5.41) is 15.2. The molecule has 1 aromatic carbocycles. The smallest absolute Gasteiger partial charge is 0.270 e. The van der Waals surface area contributed by atoms with Crippen LogP contribution in [0.4, 0.5) is 10.1 Å². The van der Waals surface area contributed by atoms with Crippen LogP contribution in [0.3, 0.4) is 0 Å². The van der Waals surface area contributed by atoms with Crippen molar-refractivity contribution < 1.29 is 14.1 Å². The van der Waals surface area contributed by atoms with Gasteiger partial charge in [-0.1, -0.05) is 0 Å². The van der Waals surface area contributed by atoms with E-state index in [9.17, 15) is 19.3 Å². The Balaban J connectivity index is 2.22. The van der Waals surface area contributed by atoms with Crippen molar-refractivity contribution in [3.63, 3.8) is 0 Å². The number of thiophene rings is 1. The molecule has 2 rings (SSSR count). The minimum atomic E-state index is -0.747. The number of nitro groups is 1. The van der Waals surface area contributed by atoms with Crippen molar-refractivity contribution in [3.8, 4) is 0 Å². The molecule has 0 spiro atoms. The zero-order valence-corrected chi connectivity index (χ0v) is 13.3. The summed E-state index contributed by atoms with van der Waals surface area (Å²) in [7, 11) is 0. The Bertz CT molecular complexity index is 717. The molecule has 2 aromatic rings. The van der Waals surface area contributed by atoms with Gasteiger partial charge in [0.1, 0.15) is 5.82 Å². The summed E-state index contributed by atoms with van der Waals surface area (Å²) >= 11 is 4.76. The molecule has 0 atom stereocenters. The second-order valence-electron chi connectivity index (χ2n) is 4.26. The standard InChI is InChI=1S/C13H10BrFN2O3S/c1-7-4-8(17(19)20)5-9(12(7)15)13(18)16-6-11-10(14)2-3-21-11/h2-5H,6H2,1H3,(H,16,18). The van der Waals surface area contributed by atoms with Gasteiger partial charge in [0.15, 0.2) is 0 Å². The second kappa shape index (κ2) is 6.31. The van der Waals surface area contributed by atoms with Crippen LogP contribution in [0.5, 0.6) is 0 Å². The summed E-state index contributed by atoms with van der Waals surface area (Å²) in [6.45, 7) is 1.60. The molecule has 0 unspecified atom stereocenters. The van der Waals surface area contributed by atoms with E-state index in [2.05, 4.69) is 21.2 Å². The van der Waals surface area contributed by atoms with Crippen LogP contribution >= 0.6 is 27.3 Å². The fourth-order valence-corrected chi connectivity index (χ4v) is 3.16. The highest BCUT2D eigenvalue weighted by molar-refractivity contribution is 9.10. The van der Waals surface area contributed by atoms with E-state index in [0.717, 1.165) is 21.5 Å². The first-order valence-corrected chi connectivity index (χ1v) is 7.52. The minimum Gasteiger partial charge on any atom is -0.347 e. The van der Waals surface area contributed by atoms with Crippen LogP contribution in [0.15, 0.2) is 28.1 Å². The van der Waals surface area contributed by atoms with Crippen LogP contribution in [0.1, 0.15) is 20.8 Å². The molecule has 0 saturated carbocycles. The molecule has 110 valence electrons. The number of carbonyl (C=O) groups excluding carboxylic acids is 1. The summed E-state index contributed by atoms with van der Waals surface area (Å²) in [6.07, 6.45) is 0.